The molecular formula is C16H28N2O2. The molecule has 2 N–H and O–H groups in total. The molecule has 2 unspecified atom stereocenters. The average Bonchev–Trinajstić information content (AvgIpc) is 3.24. The summed E-state index contributed by atoms with van der Waals surface area (Å²) in [5.41, 5.74) is 5.63. The molecule has 1 aliphatic heterocycles. The van der Waals surface area contributed by atoms with Gasteiger partial charge in [-0.1, -0.05) is 19.3 Å². The summed E-state index contributed by atoms with van der Waals surface area (Å²) in [5, 5.41) is 0. The van der Waals surface area contributed by atoms with Crippen molar-refractivity contribution in [2.45, 2.75) is 64.0 Å². The van der Waals surface area contributed by atoms with E-state index in [1.54, 1.807) is 0 Å². The second-order valence-electron chi connectivity index (χ2n) is 7.23. The summed E-state index contributed by atoms with van der Waals surface area (Å²) in [6.45, 7) is 3.94. The van der Waals surface area contributed by atoms with Gasteiger partial charge in [-0.15, -0.1) is 0 Å². The van der Waals surface area contributed by atoms with Crippen molar-refractivity contribution in [1.29, 1.82) is 0 Å². The lowest BCUT2D eigenvalue weighted by molar-refractivity contribution is -0.143. The Morgan fingerprint density at radius 1 is 1.25 bits per heavy atom. The minimum Gasteiger partial charge on any atom is -0.379 e. The fourth-order valence-corrected chi connectivity index (χ4v) is 3.67. The molecule has 2 aliphatic carbocycles. The summed E-state index contributed by atoms with van der Waals surface area (Å²) < 4.78 is 5.46. The van der Waals surface area contributed by atoms with Gasteiger partial charge in [0.1, 0.15) is 0 Å². The van der Waals surface area contributed by atoms with Crippen LogP contribution in [-0.2, 0) is 9.53 Å². The summed E-state index contributed by atoms with van der Waals surface area (Å²) in [7, 11) is 0. The molecule has 3 fully saturated rings. The van der Waals surface area contributed by atoms with Crippen molar-refractivity contribution in [3.05, 3.63) is 0 Å². The van der Waals surface area contributed by atoms with Gasteiger partial charge in [0.05, 0.1) is 18.6 Å². The van der Waals surface area contributed by atoms with Crippen LogP contribution in [0.4, 0.5) is 0 Å². The number of rotatable bonds is 4. The molecule has 4 nitrogen and oxygen atoms in total. The van der Waals surface area contributed by atoms with E-state index >= 15 is 0 Å². The summed E-state index contributed by atoms with van der Waals surface area (Å²) in [4.78, 5) is 15.2. The highest BCUT2D eigenvalue weighted by Gasteiger charge is 2.49. The molecular weight excluding hydrogens is 252 g/mol. The Morgan fingerprint density at radius 3 is 2.50 bits per heavy atom. The lowest BCUT2D eigenvalue weighted by Gasteiger charge is -2.36. The third-order valence-corrected chi connectivity index (χ3v) is 5.43. The van der Waals surface area contributed by atoms with Gasteiger partial charge in [-0.2, -0.15) is 0 Å². The van der Waals surface area contributed by atoms with E-state index in [1.165, 1.54) is 44.9 Å². The van der Waals surface area contributed by atoms with Crippen LogP contribution >= 0.6 is 0 Å². The summed E-state index contributed by atoms with van der Waals surface area (Å²) in [5.74, 6) is 0.950. The maximum absolute atomic E-state index is 13.0. The molecule has 2 saturated carbocycles. The highest BCUT2D eigenvalue weighted by atomic mass is 16.5. The van der Waals surface area contributed by atoms with E-state index in [1.807, 2.05) is 6.92 Å². The van der Waals surface area contributed by atoms with Crippen molar-refractivity contribution in [3.63, 3.8) is 0 Å². The molecule has 114 valence electrons. The van der Waals surface area contributed by atoms with Crippen LogP contribution in [0.2, 0.25) is 0 Å². The van der Waals surface area contributed by atoms with Crippen molar-refractivity contribution in [1.82, 2.24) is 4.90 Å². The zero-order chi connectivity index (χ0) is 14.2. The van der Waals surface area contributed by atoms with E-state index in [-0.39, 0.29) is 11.9 Å². The first-order chi connectivity index (χ1) is 9.61. The van der Waals surface area contributed by atoms with Crippen molar-refractivity contribution >= 4 is 5.91 Å². The molecule has 20 heavy (non-hydrogen) atoms. The zero-order valence-corrected chi connectivity index (χ0v) is 12.6. The third-order valence-electron chi connectivity index (χ3n) is 5.43. The van der Waals surface area contributed by atoms with Gasteiger partial charge >= 0.3 is 0 Å². The fourth-order valence-electron chi connectivity index (χ4n) is 3.67. The van der Waals surface area contributed by atoms with E-state index in [2.05, 4.69) is 4.90 Å². The number of carbonyl (C=O) groups excluding carboxylic acids is 1. The third kappa shape index (κ3) is 2.73. The molecule has 0 aromatic rings. The zero-order valence-electron chi connectivity index (χ0n) is 12.6. The van der Waals surface area contributed by atoms with Gasteiger partial charge in [0.25, 0.3) is 0 Å². The first-order valence-electron chi connectivity index (χ1n) is 8.25. The van der Waals surface area contributed by atoms with Crippen molar-refractivity contribution in [2.24, 2.45) is 17.1 Å². The van der Waals surface area contributed by atoms with Gasteiger partial charge in [0.2, 0.25) is 5.91 Å². The van der Waals surface area contributed by atoms with Crippen LogP contribution in [-0.4, -0.2) is 42.6 Å². The summed E-state index contributed by atoms with van der Waals surface area (Å²) >= 11 is 0. The van der Waals surface area contributed by atoms with Crippen LogP contribution in [0.1, 0.15) is 51.9 Å². The fraction of sp³-hybridized carbons (Fsp3) is 0.938. The maximum atomic E-state index is 13.0. The Kier molecular flexibility index (Phi) is 4.04. The Hall–Kier alpha value is -0.610. The van der Waals surface area contributed by atoms with Gasteiger partial charge in [-0.05, 0) is 38.5 Å². The minimum absolute atomic E-state index is 0.150. The Balaban J connectivity index is 1.68. The highest BCUT2D eigenvalue weighted by Crippen LogP contribution is 2.37. The van der Waals surface area contributed by atoms with Crippen LogP contribution in [0.5, 0.6) is 0 Å². The smallest absolute Gasteiger partial charge is 0.232 e. The monoisotopic (exact) mass is 280 g/mol. The number of amides is 1. The molecule has 0 spiro atoms. The topological polar surface area (TPSA) is 55.6 Å². The molecule has 0 radical (unpaired) electrons. The minimum atomic E-state index is -0.503. The summed E-state index contributed by atoms with van der Waals surface area (Å²) in [6.07, 6.45) is 8.94. The van der Waals surface area contributed by atoms with Crippen LogP contribution in [0.15, 0.2) is 0 Å². The second kappa shape index (κ2) is 5.64. The van der Waals surface area contributed by atoms with E-state index in [0.717, 1.165) is 6.54 Å². The molecule has 4 heteroatoms. The standard InChI is InChI=1S/C16H28N2O2/c1-16(11-20-10-14(16)17)15(19)18(13-7-8-13)9-12-5-3-2-4-6-12/h12-14H,2-11,17H2,1H3. The van der Waals surface area contributed by atoms with Crippen molar-refractivity contribution in [3.8, 4) is 0 Å². The first kappa shape index (κ1) is 14.3. The van der Waals surface area contributed by atoms with E-state index in [4.69, 9.17) is 10.5 Å². The number of carbonyl (C=O) groups is 1. The Morgan fingerprint density at radius 2 is 1.95 bits per heavy atom. The molecule has 0 aromatic carbocycles. The number of hydrogen-bond acceptors (Lipinski definition) is 3. The molecule has 0 aromatic heterocycles. The molecule has 1 heterocycles. The van der Waals surface area contributed by atoms with Gasteiger partial charge in [-0.3, -0.25) is 4.79 Å². The SMILES string of the molecule is CC1(C(=O)N(CC2CCCCC2)C2CC2)COCC1N. The Bertz CT molecular complexity index is 363. The lowest BCUT2D eigenvalue weighted by Crippen LogP contribution is -2.53. The van der Waals surface area contributed by atoms with E-state index in [9.17, 15) is 4.79 Å². The number of nitrogens with zero attached hydrogens (tertiary/aromatic N) is 1. The van der Waals surface area contributed by atoms with Crippen molar-refractivity contribution < 1.29 is 9.53 Å². The maximum Gasteiger partial charge on any atom is 0.232 e. The largest absolute Gasteiger partial charge is 0.379 e. The number of nitrogens with two attached hydrogens (primary N) is 1. The summed E-state index contributed by atoms with van der Waals surface area (Å²) in [6, 6.07) is 0.330. The predicted molar refractivity (Wildman–Crippen MR) is 78.2 cm³/mol. The normalized spacial score (nSPS) is 35.2. The predicted octanol–water partition coefficient (Wildman–Crippen LogP) is 1.92. The Labute approximate surface area is 122 Å². The van der Waals surface area contributed by atoms with Gasteiger partial charge in [0, 0.05) is 18.6 Å². The second-order valence-corrected chi connectivity index (χ2v) is 7.23. The first-order valence-corrected chi connectivity index (χ1v) is 8.25. The molecule has 0 bridgehead atoms. The van der Waals surface area contributed by atoms with Crippen LogP contribution < -0.4 is 5.73 Å². The van der Waals surface area contributed by atoms with Crippen LogP contribution in [0.3, 0.4) is 0 Å². The van der Waals surface area contributed by atoms with Gasteiger partial charge < -0.3 is 15.4 Å². The average molecular weight is 280 g/mol. The van der Waals surface area contributed by atoms with Crippen LogP contribution in [0, 0.1) is 11.3 Å². The van der Waals surface area contributed by atoms with E-state index in [0.29, 0.717) is 25.2 Å². The van der Waals surface area contributed by atoms with Gasteiger partial charge in [0.15, 0.2) is 0 Å². The molecule has 1 amide bonds. The molecule has 3 rings (SSSR count). The molecule has 3 aliphatic rings. The lowest BCUT2D eigenvalue weighted by atomic mass is 9.83. The highest BCUT2D eigenvalue weighted by molar-refractivity contribution is 5.84. The quantitative estimate of drug-likeness (QED) is 0.856. The van der Waals surface area contributed by atoms with E-state index < -0.39 is 5.41 Å². The van der Waals surface area contributed by atoms with Crippen molar-refractivity contribution in [2.75, 3.05) is 19.8 Å². The van der Waals surface area contributed by atoms with Gasteiger partial charge in [-0.25, -0.2) is 0 Å². The molecule has 1 saturated heterocycles. The number of hydrogen-bond donors (Lipinski definition) is 1. The van der Waals surface area contributed by atoms with Crippen LogP contribution in [0.25, 0.3) is 0 Å². The molecule has 2 atom stereocenters. The number of ether oxygens (including phenoxy) is 1.